The molecule has 5 rings (SSSR count). The van der Waals surface area contributed by atoms with E-state index in [0.717, 1.165) is 60.5 Å². The number of carbonyl (C=O) groups is 2. The number of hydrogen-bond acceptors (Lipinski definition) is 5. The highest BCUT2D eigenvalue weighted by molar-refractivity contribution is 6.03. The van der Waals surface area contributed by atoms with Crippen LogP contribution in [0.1, 0.15) is 54.7 Å². The molecule has 0 atom stereocenters. The fourth-order valence-electron chi connectivity index (χ4n) is 5.93. The molecule has 6 nitrogen and oxygen atoms in total. The molecule has 2 aliphatic heterocycles. The quantitative estimate of drug-likeness (QED) is 0.400. The topological polar surface area (TPSA) is 53.1 Å². The molecule has 2 aliphatic rings. The van der Waals surface area contributed by atoms with Gasteiger partial charge in [-0.2, -0.15) is 0 Å². The SMILES string of the molecule is CCN(CC)c1ccc2c(c1)Oc1cc(N(CC)CC)ccc1C21c2ccccc2C(=O)N1CC=O. The maximum absolute atomic E-state index is 13.7. The van der Waals surface area contributed by atoms with Crippen LogP contribution in [0.3, 0.4) is 0 Å². The molecular formula is C30H33N3O3. The van der Waals surface area contributed by atoms with E-state index in [1.807, 2.05) is 24.3 Å². The van der Waals surface area contributed by atoms with Crippen LogP contribution in [0.15, 0.2) is 60.7 Å². The molecule has 3 aromatic rings. The standard InChI is InChI=1S/C30H33N3O3/c1-5-31(6-2)21-13-15-25-27(19-21)36-28-20-22(32(7-3)8-4)14-16-26(28)30(25)24-12-10-9-11-23(24)29(35)33(30)17-18-34/h9-16,18-20H,5-8,17H2,1-4H3. The molecule has 0 saturated carbocycles. The molecule has 36 heavy (non-hydrogen) atoms. The molecule has 6 heteroatoms. The van der Waals surface area contributed by atoms with E-state index in [4.69, 9.17) is 4.74 Å². The van der Waals surface area contributed by atoms with Crippen LogP contribution in [0.5, 0.6) is 11.5 Å². The van der Waals surface area contributed by atoms with Crippen molar-refractivity contribution < 1.29 is 14.3 Å². The van der Waals surface area contributed by atoms with Crippen LogP contribution < -0.4 is 14.5 Å². The summed E-state index contributed by atoms with van der Waals surface area (Å²) in [7, 11) is 0. The van der Waals surface area contributed by atoms with Crippen molar-refractivity contribution >= 4 is 23.6 Å². The molecule has 0 aromatic heterocycles. The Balaban J connectivity index is 1.83. The molecule has 0 unspecified atom stereocenters. The van der Waals surface area contributed by atoms with Crippen LogP contribution in [-0.4, -0.2) is 49.8 Å². The molecule has 1 amide bonds. The lowest BCUT2D eigenvalue weighted by Crippen LogP contribution is -2.48. The van der Waals surface area contributed by atoms with Crippen molar-refractivity contribution in [3.63, 3.8) is 0 Å². The van der Waals surface area contributed by atoms with Crippen LogP contribution in [0.4, 0.5) is 11.4 Å². The highest BCUT2D eigenvalue weighted by Gasteiger charge is 2.56. The van der Waals surface area contributed by atoms with Gasteiger partial charge in [-0.1, -0.05) is 30.3 Å². The second-order valence-corrected chi connectivity index (χ2v) is 9.15. The largest absolute Gasteiger partial charge is 0.456 e. The van der Waals surface area contributed by atoms with Gasteiger partial charge >= 0.3 is 0 Å². The number of hydrogen-bond donors (Lipinski definition) is 0. The van der Waals surface area contributed by atoms with Crippen LogP contribution in [0, 0.1) is 0 Å². The maximum atomic E-state index is 13.7. The van der Waals surface area contributed by atoms with E-state index in [0.29, 0.717) is 17.1 Å². The number of nitrogens with zero attached hydrogens (tertiary/aromatic N) is 3. The summed E-state index contributed by atoms with van der Waals surface area (Å²) in [5.74, 6) is 1.28. The first-order chi connectivity index (χ1) is 17.5. The van der Waals surface area contributed by atoms with Crippen molar-refractivity contribution in [3.05, 3.63) is 82.9 Å². The van der Waals surface area contributed by atoms with Gasteiger partial charge in [-0.3, -0.25) is 4.79 Å². The Kier molecular flexibility index (Phi) is 6.20. The van der Waals surface area contributed by atoms with Gasteiger partial charge in [0.25, 0.3) is 5.91 Å². The van der Waals surface area contributed by atoms with Crippen LogP contribution >= 0.6 is 0 Å². The Morgan fingerprint density at radius 1 is 0.778 bits per heavy atom. The third kappa shape index (κ3) is 3.31. The first kappa shape index (κ1) is 23.9. The summed E-state index contributed by atoms with van der Waals surface area (Å²) >= 11 is 0. The molecule has 2 heterocycles. The Morgan fingerprint density at radius 3 is 1.81 bits per heavy atom. The van der Waals surface area contributed by atoms with Gasteiger partial charge in [0, 0.05) is 66.4 Å². The second kappa shape index (κ2) is 9.34. The van der Waals surface area contributed by atoms with E-state index in [-0.39, 0.29) is 12.5 Å². The van der Waals surface area contributed by atoms with Gasteiger partial charge in [-0.15, -0.1) is 0 Å². The fourth-order valence-corrected chi connectivity index (χ4v) is 5.93. The van der Waals surface area contributed by atoms with Gasteiger partial charge in [0.2, 0.25) is 0 Å². The maximum Gasteiger partial charge on any atom is 0.255 e. The Bertz CT molecular complexity index is 1250. The highest BCUT2D eigenvalue weighted by Crippen LogP contribution is 2.58. The number of ether oxygens (including phenoxy) is 1. The van der Waals surface area contributed by atoms with E-state index in [1.54, 1.807) is 4.90 Å². The van der Waals surface area contributed by atoms with Crippen molar-refractivity contribution in [1.82, 2.24) is 4.90 Å². The van der Waals surface area contributed by atoms with Crippen molar-refractivity contribution in [1.29, 1.82) is 0 Å². The zero-order valence-corrected chi connectivity index (χ0v) is 21.5. The minimum absolute atomic E-state index is 0.0119. The number of amides is 1. The summed E-state index contributed by atoms with van der Waals surface area (Å²) in [6.45, 7) is 12.0. The third-order valence-corrected chi connectivity index (χ3v) is 7.64. The Morgan fingerprint density at radius 2 is 1.31 bits per heavy atom. The zero-order valence-electron chi connectivity index (χ0n) is 21.5. The molecule has 3 aromatic carbocycles. The van der Waals surface area contributed by atoms with Crippen molar-refractivity contribution in [2.75, 3.05) is 42.5 Å². The summed E-state index contributed by atoms with van der Waals surface area (Å²) in [4.78, 5) is 31.9. The van der Waals surface area contributed by atoms with Gasteiger partial charge in [0.15, 0.2) is 0 Å². The van der Waals surface area contributed by atoms with E-state index in [2.05, 4.69) is 73.9 Å². The summed E-state index contributed by atoms with van der Waals surface area (Å²) in [6.07, 6.45) is 0.814. The average Bonchev–Trinajstić information content (AvgIpc) is 3.14. The Labute approximate surface area is 213 Å². The Hall–Kier alpha value is -3.80. The number of aldehydes is 1. The van der Waals surface area contributed by atoms with Gasteiger partial charge < -0.3 is 24.2 Å². The fraction of sp³-hybridized carbons (Fsp3) is 0.333. The minimum Gasteiger partial charge on any atom is -0.456 e. The van der Waals surface area contributed by atoms with E-state index in [1.165, 1.54) is 0 Å². The first-order valence-electron chi connectivity index (χ1n) is 12.9. The van der Waals surface area contributed by atoms with E-state index >= 15 is 0 Å². The van der Waals surface area contributed by atoms with Crippen molar-refractivity contribution in [2.24, 2.45) is 0 Å². The molecule has 1 spiro atoms. The third-order valence-electron chi connectivity index (χ3n) is 7.64. The van der Waals surface area contributed by atoms with Gasteiger partial charge in [-0.25, -0.2) is 0 Å². The molecule has 0 N–H and O–H groups in total. The van der Waals surface area contributed by atoms with Crippen LogP contribution in [0.2, 0.25) is 0 Å². The van der Waals surface area contributed by atoms with Crippen molar-refractivity contribution in [3.8, 4) is 11.5 Å². The lowest BCUT2D eigenvalue weighted by atomic mass is 9.74. The van der Waals surface area contributed by atoms with E-state index in [9.17, 15) is 9.59 Å². The number of rotatable bonds is 8. The van der Waals surface area contributed by atoms with Gasteiger partial charge in [0.1, 0.15) is 23.3 Å². The predicted octanol–water partition coefficient (Wildman–Crippen LogP) is 5.43. The normalized spacial score (nSPS) is 14.7. The van der Waals surface area contributed by atoms with Crippen LogP contribution in [0.25, 0.3) is 0 Å². The monoisotopic (exact) mass is 483 g/mol. The molecule has 0 aliphatic carbocycles. The average molecular weight is 484 g/mol. The summed E-state index contributed by atoms with van der Waals surface area (Å²) in [5, 5.41) is 0. The smallest absolute Gasteiger partial charge is 0.255 e. The van der Waals surface area contributed by atoms with E-state index < -0.39 is 5.54 Å². The molecule has 0 radical (unpaired) electrons. The number of benzene rings is 3. The first-order valence-corrected chi connectivity index (χ1v) is 12.9. The summed E-state index contributed by atoms with van der Waals surface area (Å²) < 4.78 is 6.62. The number of fused-ring (bicyclic) bond motifs is 6. The molecular weight excluding hydrogens is 450 g/mol. The van der Waals surface area contributed by atoms with Gasteiger partial charge in [-0.05, 0) is 51.5 Å². The lowest BCUT2D eigenvalue weighted by Gasteiger charge is -2.44. The number of carbonyl (C=O) groups excluding carboxylic acids is 2. The van der Waals surface area contributed by atoms with Gasteiger partial charge in [0.05, 0.1) is 6.54 Å². The molecule has 0 fully saturated rings. The number of anilines is 2. The second-order valence-electron chi connectivity index (χ2n) is 9.15. The van der Waals surface area contributed by atoms with Crippen LogP contribution in [-0.2, 0) is 10.3 Å². The molecule has 186 valence electrons. The highest BCUT2D eigenvalue weighted by atomic mass is 16.5. The summed E-state index contributed by atoms with van der Waals surface area (Å²) in [5.41, 5.74) is 4.45. The van der Waals surface area contributed by atoms with Crippen molar-refractivity contribution in [2.45, 2.75) is 33.2 Å². The zero-order chi connectivity index (χ0) is 25.4. The predicted molar refractivity (Wildman–Crippen MR) is 144 cm³/mol. The molecule has 0 bridgehead atoms. The summed E-state index contributed by atoms with van der Waals surface area (Å²) in [6, 6.07) is 20.2. The minimum atomic E-state index is -0.943. The molecule has 0 saturated heterocycles. The lowest BCUT2D eigenvalue weighted by molar-refractivity contribution is -0.109.